The molecule has 3 nitrogen and oxygen atoms in total. The lowest BCUT2D eigenvalue weighted by molar-refractivity contribution is -0.152. The Bertz CT molecular complexity index is 275. The number of halogens is 1. The maximum Gasteiger partial charge on any atom is 0.164 e. The first-order valence-corrected chi connectivity index (χ1v) is 4.58. The molecule has 0 spiro atoms. The van der Waals surface area contributed by atoms with E-state index in [1.54, 1.807) is 19.9 Å². The minimum atomic E-state index is -1.71. The number of rotatable bonds is 0. The summed E-state index contributed by atoms with van der Waals surface area (Å²) < 4.78 is 18.9. The average molecular weight is 236 g/mol. The number of fused-ring (bicyclic) bond motifs is 1. The van der Waals surface area contributed by atoms with E-state index in [2.05, 4.69) is 15.9 Å². The van der Waals surface area contributed by atoms with Gasteiger partial charge < -0.3 is 14.6 Å². The average Bonchev–Trinajstić information content (AvgIpc) is 2.33. The zero-order valence-corrected chi connectivity index (χ0v) is 8.46. The van der Waals surface area contributed by atoms with Gasteiger partial charge in [-0.2, -0.15) is 0 Å². The van der Waals surface area contributed by atoms with Crippen LogP contribution in [0.15, 0.2) is 10.6 Å². The van der Waals surface area contributed by atoms with Crippen molar-refractivity contribution in [2.75, 3.05) is 0 Å². The van der Waals surface area contributed by atoms with Crippen LogP contribution in [-0.2, 0) is 9.47 Å². The van der Waals surface area contributed by atoms with Crippen LogP contribution in [0.3, 0.4) is 0 Å². The Balaban J connectivity index is 2.29. The van der Waals surface area contributed by atoms with E-state index in [0.717, 1.165) is 0 Å². The van der Waals surface area contributed by atoms with Crippen molar-refractivity contribution in [1.29, 1.82) is 0 Å². The zero-order chi connectivity index (χ0) is 9.85. The van der Waals surface area contributed by atoms with Crippen LogP contribution in [0.25, 0.3) is 0 Å². The summed E-state index contributed by atoms with van der Waals surface area (Å²) in [6.45, 7) is 3.53. The molecule has 1 saturated heterocycles. The third-order valence-electron chi connectivity index (χ3n) is 1.95. The van der Waals surface area contributed by atoms with Crippen molar-refractivity contribution >= 4 is 15.9 Å². The summed E-state index contributed by atoms with van der Waals surface area (Å²) in [7, 11) is 0. The molecule has 4 heteroatoms. The zero-order valence-electron chi connectivity index (χ0n) is 7.87. The molecule has 1 aliphatic heterocycles. The van der Waals surface area contributed by atoms with E-state index in [9.17, 15) is 5.11 Å². The van der Waals surface area contributed by atoms with E-state index in [1.165, 1.54) is 0 Å². The lowest BCUT2D eigenvalue weighted by atomic mass is 10.2. The van der Waals surface area contributed by atoms with Crippen LogP contribution in [0.5, 0.6) is 0 Å². The standard InChI is InChI=1S/C8H11BrO3/c1-8(2)11-5-3-4(9)6(10)7(5)12-8/h3,5-7,10H,1-2H3/t5-,6+,7-/m0/s1/i6D. The summed E-state index contributed by atoms with van der Waals surface area (Å²) >= 11 is 3.12. The van der Waals surface area contributed by atoms with E-state index in [-0.39, 0.29) is 6.10 Å². The molecule has 0 unspecified atom stereocenters. The Labute approximate surface area is 80.9 Å². The monoisotopic (exact) mass is 235 g/mol. The van der Waals surface area contributed by atoms with Gasteiger partial charge in [0.1, 0.15) is 18.3 Å². The highest BCUT2D eigenvalue weighted by Gasteiger charge is 2.48. The highest BCUT2D eigenvalue weighted by atomic mass is 79.9. The number of aliphatic hydroxyl groups is 1. The van der Waals surface area contributed by atoms with Gasteiger partial charge in [0.2, 0.25) is 0 Å². The SMILES string of the molecule is [2H][C@@]1(O)C(Br)=C[C@@H]2OC(C)(C)O[C@@H]21. The van der Waals surface area contributed by atoms with Crippen LogP contribution >= 0.6 is 15.9 Å². The van der Waals surface area contributed by atoms with Crippen LogP contribution in [0.2, 0.25) is 0 Å². The van der Waals surface area contributed by atoms with Gasteiger partial charge in [0, 0.05) is 4.48 Å². The summed E-state index contributed by atoms with van der Waals surface area (Å²) in [6.07, 6.45) is -0.992. The van der Waals surface area contributed by atoms with Gasteiger partial charge in [0.15, 0.2) is 5.79 Å². The molecule has 0 saturated carbocycles. The van der Waals surface area contributed by atoms with Gasteiger partial charge in [0.25, 0.3) is 0 Å². The quantitative estimate of drug-likeness (QED) is 0.685. The Morgan fingerprint density at radius 3 is 2.92 bits per heavy atom. The van der Waals surface area contributed by atoms with E-state index in [1.807, 2.05) is 0 Å². The fraction of sp³-hybridized carbons (Fsp3) is 0.750. The fourth-order valence-corrected chi connectivity index (χ4v) is 1.97. The second-order valence-electron chi connectivity index (χ2n) is 3.42. The predicted octanol–water partition coefficient (Wildman–Crippen LogP) is 1.16. The first-order chi connectivity index (χ1) is 5.83. The van der Waals surface area contributed by atoms with Gasteiger partial charge >= 0.3 is 0 Å². The molecule has 1 aliphatic carbocycles. The van der Waals surface area contributed by atoms with Crippen LogP contribution < -0.4 is 0 Å². The predicted molar refractivity (Wildman–Crippen MR) is 46.8 cm³/mol. The summed E-state index contributed by atoms with van der Waals surface area (Å²) in [5.74, 6) is -0.714. The smallest absolute Gasteiger partial charge is 0.164 e. The van der Waals surface area contributed by atoms with E-state index in [4.69, 9.17) is 10.8 Å². The molecule has 0 radical (unpaired) electrons. The first-order valence-electron chi connectivity index (χ1n) is 4.29. The van der Waals surface area contributed by atoms with E-state index >= 15 is 0 Å². The second kappa shape index (κ2) is 2.54. The van der Waals surface area contributed by atoms with Crippen molar-refractivity contribution in [2.24, 2.45) is 0 Å². The lowest BCUT2D eigenvalue weighted by Crippen LogP contribution is -2.29. The molecular weight excluding hydrogens is 224 g/mol. The van der Waals surface area contributed by atoms with Crippen LogP contribution in [-0.4, -0.2) is 29.2 Å². The van der Waals surface area contributed by atoms with Crippen LogP contribution in [0.4, 0.5) is 0 Å². The molecule has 68 valence electrons. The van der Waals surface area contributed by atoms with E-state index < -0.39 is 18.0 Å². The van der Waals surface area contributed by atoms with Crippen molar-refractivity contribution in [1.82, 2.24) is 0 Å². The van der Waals surface area contributed by atoms with Crippen molar-refractivity contribution in [2.45, 2.75) is 37.9 Å². The molecule has 0 bridgehead atoms. The molecule has 0 aromatic rings. The van der Waals surface area contributed by atoms with Gasteiger partial charge in [-0.1, -0.05) is 15.9 Å². The highest BCUT2D eigenvalue weighted by Crippen LogP contribution is 2.38. The molecule has 0 aromatic heterocycles. The molecule has 1 fully saturated rings. The van der Waals surface area contributed by atoms with Gasteiger partial charge in [-0.25, -0.2) is 0 Å². The number of hydrogen-bond acceptors (Lipinski definition) is 3. The third-order valence-corrected chi connectivity index (χ3v) is 2.62. The minimum Gasteiger partial charge on any atom is -0.385 e. The molecule has 1 heterocycles. The van der Waals surface area contributed by atoms with Gasteiger partial charge in [-0.15, -0.1) is 0 Å². The number of ether oxygens (including phenoxy) is 2. The van der Waals surface area contributed by atoms with Crippen LogP contribution in [0, 0.1) is 0 Å². The minimum absolute atomic E-state index is 0.327. The maximum absolute atomic E-state index is 9.71. The van der Waals surface area contributed by atoms with Crippen LogP contribution in [0.1, 0.15) is 15.2 Å². The Kier molecular flexibility index (Phi) is 1.59. The molecule has 0 aromatic carbocycles. The Hall–Kier alpha value is 0.1000. The van der Waals surface area contributed by atoms with Crippen molar-refractivity contribution in [3.05, 3.63) is 10.6 Å². The lowest BCUT2D eigenvalue weighted by Gasteiger charge is -2.19. The molecule has 2 rings (SSSR count). The van der Waals surface area contributed by atoms with Crippen molar-refractivity contribution < 1.29 is 16.0 Å². The molecular formula is C8H11BrO3. The second-order valence-corrected chi connectivity index (χ2v) is 4.27. The fourth-order valence-electron chi connectivity index (χ4n) is 1.49. The summed E-state index contributed by atoms with van der Waals surface area (Å²) in [5, 5.41) is 9.71. The maximum atomic E-state index is 9.71. The molecule has 0 amide bonds. The topological polar surface area (TPSA) is 38.7 Å². The largest absolute Gasteiger partial charge is 0.385 e. The van der Waals surface area contributed by atoms with Crippen molar-refractivity contribution in [3.8, 4) is 0 Å². The Morgan fingerprint density at radius 2 is 2.33 bits per heavy atom. The van der Waals surface area contributed by atoms with Crippen molar-refractivity contribution in [3.63, 3.8) is 0 Å². The van der Waals surface area contributed by atoms with Gasteiger partial charge in [0.05, 0.1) is 1.37 Å². The van der Waals surface area contributed by atoms with Gasteiger partial charge in [-0.3, -0.25) is 0 Å². The normalized spacial score (nSPS) is 51.7. The molecule has 3 atom stereocenters. The molecule has 12 heavy (non-hydrogen) atoms. The summed E-state index contributed by atoms with van der Waals surface area (Å²) in [5.41, 5.74) is 0. The highest BCUT2D eigenvalue weighted by molar-refractivity contribution is 9.11. The van der Waals surface area contributed by atoms with E-state index in [0.29, 0.717) is 4.48 Å². The first kappa shape index (κ1) is 7.50. The molecule has 1 N–H and O–H groups in total. The molecule has 2 aliphatic rings. The summed E-state index contributed by atoms with van der Waals surface area (Å²) in [6, 6.07) is 0. The number of hydrogen-bond donors (Lipinski definition) is 1. The summed E-state index contributed by atoms with van der Waals surface area (Å²) in [4.78, 5) is 0. The van der Waals surface area contributed by atoms with Gasteiger partial charge in [-0.05, 0) is 19.9 Å². The third kappa shape index (κ3) is 1.23. The Morgan fingerprint density at radius 1 is 1.67 bits per heavy atom.